The number of fused-ring (bicyclic) bond motifs is 3. The van der Waals surface area contributed by atoms with Gasteiger partial charge >= 0.3 is 0 Å². The zero-order valence-electron chi connectivity index (χ0n) is 26.3. The molecule has 0 aromatic heterocycles. The maximum atomic E-state index is 12.2. The number of carbonyl (C=O) groups excluding carboxylic acids is 1. The summed E-state index contributed by atoms with van der Waals surface area (Å²) in [6, 6.07) is 0. The minimum atomic E-state index is -0.713. The van der Waals surface area contributed by atoms with Crippen molar-refractivity contribution in [3.63, 3.8) is 0 Å². The van der Waals surface area contributed by atoms with Gasteiger partial charge in [-0.15, -0.1) is 0 Å². The summed E-state index contributed by atoms with van der Waals surface area (Å²) in [6.07, 6.45) is 19.2. The van der Waals surface area contributed by atoms with E-state index in [2.05, 4.69) is 17.6 Å². The van der Waals surface area contributed by atoms with E-state index in [9.17, 15) is 4.79 Å². The quantitative estimate of drug-likeness (QED) is 0.156. The summed E-state index contributed by atoms with van der Waals surface area (Å²) in [7, 11) is 0. The van der Waals surface area contributed by atoms with Crippen molar-refractivity contribution in [2.45, 2.75) is 180 Å². The van der Waals surface area contributed by atoms with Crippen LogP contribution in [0, 0.1) is 0 Å². The molecule has 0 spiro atoms. The van der Waals surface area contributed by atoms with Gasteiger partial charge in [-0.3, -0.25) is 4.79 Å². The van der Waals surface area contributed by atoms with Gasteiger partial charge in [-0.05, 0) is 34.1 Å². The van der Waals surface area contributed by atoms with Gasteiger partial charge in [0.1, 0.15) is 24.4 Å². The molecule has 8 nitrogen and oxygen atoms in total. The van der Waals surface area contributed by atoms with Crippen LogP contribution >= 0.6 is 0 Å². The third-order valence-electron chi connectivity index (χ3n) is 8.23. The highest BCUT2D eigenvalue weighted by Gasteiger charge is 2.60. The molecule has 40 heavy (non-hydrogen) atoms. The molecule has 2 N–H and O–H groups in total. The van der Waals surface area contributed by atoms with Gasteiger partial charge in [0.2, 0.25) is 5.91 Å². The van der Waals surface area contributed by atoms with Crippen molar-refractivity contribution in [3.05, 3.63) is 0 Å². The Kier molecular flexibility index (Phi) is 14.6. The number of rotatable bonds is 21. The Balaban J connectivity index is 1.14. The Morgan fingerprint density at radius 1 is 0.625 bits per heavy atom. The molecule has 3 aliphatic heterocycles. The Morgan fingerprint density at radius 2 is 1.12 bits per heavy atom. The standard InChI is InChI=1S/C32H60N2O6/c1-6-7-8-9-10-11-12-13-14-15-16-17-18-19-20-21-26(35)34-23-22-33-24-25-27-28(38-31(2,3)37-27)29-30(36-25)40-32(4,5)39-29/h25,27-30,33H,6-24H2,1-5H3,(H,34,35)/t25-,27+,28+,29-,30-/m1/s1. The molecule has 3 saturated heterocycles. The fourth-order valence-corrected chi connectivity index (χ4v) is 6.14. The van der Waals surface area contributed by atoms with E-state index in [0.29, 0.717) is 26.1 Å². The molecule has 234 valence electrons. The van der Waals surface area contributed by atoms with E-state index in [1.165, 1.54) is 83.5 Å². The van der Waals surface area contributed by atoms with E-state index in [0.717, 1.165) is 12.8 Å². The highest BCUT2D eigenvalue weighted by atomic mass is 16.9. The Bertz CT molecular complexity index is 718. The van der Waals surface area contributed by atoms with Crippen molar-refractivity contribution in [2.24, 2.45) is 0 Å². The van der Waals surface area contributed by atoms with Crippen LogP contribution in [0.2, 0.25) is 0 Å². The van der Waals surface area contributed by atoms with Gasteiger partial charge in [0.15, 0.2) is 17.9 Å². The van der Waals surface area contributed by atoms with Gasteiger partial charge in [0, 0.05) is 26.1 Å². The van der Waals surface area contributed by atoms with Crippen LogP contribution in [-0.2, 0) is 28.5 Å². The molecular weight excluding hydrogens is 508 g/mol. The van der Waals surface area contributed by atoms with Crippen LogP contribution in [0.25, 0.3) is 0 Å². The molecule has 0 aromatic rings. The van der Waals surface area contributed by atoms with Crippen molar-refractivity contribution in [1.82, 2.24) is 10.6 Å². The molecule has 3 fully saturated rings. The number of carbonyl (C=O) groups is 1. The minimum absolute atomic E-state index is 0.140. The van der Waals surface area contributed by atoms with E-state index in [1.54, 1.807) is 0 Å². The van der Waals surface area contributed by atoms with Crippen molar-refractivity contribution in [1.29, 1.82) is 0 Å². The summed E-state index contributed by atoms with van der Waals surface area (Å²) in [5, 5.41) is 6.44. The SMILES string of the molecule is CCCCCCCCCCCCCCCCCC(=O)NCCNC[C@H]1O[C@@H]2OC(C)(C)O[C@@H]2[C@H]2OC(C)(C)O[C@H]21. The van der Waals surface area contributed by atoms with E-state index in [1.807, 2.05) is 27.7 Å². The van der Waals surface area contributed by atoms with Gasteiger partial charge in [0.25, 0.3) is 0 Å². The fourth-order valence-electron chi connectivity index (χ4n) is 6.14. The van der Waals surface area contributed by atoms with Crippen molar-refractivity contribution in [2.75, 3.05) is 19.6 Å². The fraction of sp³-hybridized carbons (Fsp3) is 0.969. The first kappa shape index (κ1) is 33.7. The van der Waals surface area contributed by atoms with Crippen LogP contribution < -0.4 is 10.6 Å². The van der Waals surface area contributed by atoms with E-state index in [4.69, 9.17) is 23.7 Å². The molecule has 3 aliphatic rings. The van der Waals surface area contributed by atoms with Crippen LogP contribution in [0.1, 0.15) is 137 Å². The summed E-state index contributed by atoms with van der Waals surface area (Å²) >= 11 is 0. The van der Waals surface area contributed by atoms with E-state index >= 15 is 0 Å². The second-order valence-electron chi connectivity index (χ2n) is 13.0. The van der Waals surface area contributed by atoms with Gasteiger partial charge in [-0.2, -0.15) is 0 Å². The molecule has 8 heteroatoms. The van der Waals surface area contributed by atoms with Crippen LogP contribution in [0.15, 0.2) is 0 Å². The van der Waals surface area contributed by atoms with Gasteiger partial charge < -0.3 is 34.3 Å². The van der Waals surface area contributed by atoms with Gasteiger partial charge in [-0.25, -0.2) is 0 Å². The lowest BCUT2D eigenvalue weighted by molar-refractivity contribution is -0.232. The predicted molar refractivity (Wildman–Crippen MR) is 158 cm³/mol. The zero-order valence-corrected chi connectivity index (χ0v) is 26.3. The summed E-state index contributed by atoms with van der Waals surface area (Å²) in [6.45, 7) is 11.7. The lowest BCUT2D eigenvalue weighted by Gasteiger charge is -2.37. The summed E-state index contributed by atoms with van der Waals surface area (Å²) in [5.41, 5.74) is 0. The second-order valence-corrected chi connectivity index (χ2v) is 13.0. The predicted octanol–water partition coefficient (Wildman–Crippen LogP) is 6.35. The molecule has 0 unspecified atom stereocenters. The lowest BCUT2D eigenvalue weighted by Crippen LogP contribution is -2.57. The lowest BCUT2D eigenvalue weighted by atomic mass is 9.99. The number of unbranched alkanes of at least 4 members (excludes halogenated alkanes) is 14. The number of ether oxygens (including phenoxy) is 5. The average Bonchev–Trinajstić information content (AvgIpc) is 3.39. The monoisotopic (exact) mass is 568 g/mol. The highest BCUT2D eigenvalue weighted by molar-refractivity contribution is 5.75. The van der Waals surface area contributed by atoms with Gasteiger partial charge in [-0.1, -0.05) is 96.8 Å². The third-order valence-corrected chi connectivity index (χ3v) is 8.23. The molecule has 0 saturated carbocycles. The first-order chi connectivity index (χ1) is 19.2. The molecule has 5 atom stereocenters. The topological polar surface area (TPSA) is 87.3 Å². The first-order valence-corrected chi connectivity index (χ1v) is 16.5. The van der Waals surface area contributed by atoms with E-state index in [-0.39, 0.29) is 30.3 Å². The normalized spacial score (nSPS) is 28.4. The van der Waals surface area contributed by atoms with Crippen LogP contribution in [0.3, 0.4) is 0 Å². The van der Waals surface area contributed by atoms with Crippen molar-refractivity contribution in [3.8, 4) is 0 Å². The molecule has 0 radical (unpaired) electrons. The summed E-state index contributed by atoms with van der Waals surface area (Å²) < 4.78 is 30.5. The molecule has 1 amide bonds. The Hall–Kier alpha value is -0.770. The number of hydrogen-bond donors (Lipinski definition) is 2. The number of hydrogen-bond acceptors (Lipinski definition) is 7. The maximum Gasteiger partial charge on any atom is 0.220 e. The molecule has 0 bridgehead atoms. The number of amides is 1. The average molecular weight is 569 g/mol. The molecule has 3 heterocycles. The van der Waals surface area contributed by atoms with Crippen molar-refractivity contribution < 1.29 is 28.5 Å². The molecule has 0 aliphatic carbocycles. The second kappa shape index (κ2) is 17.4. The highest BCUT2D eigenvalue weighted by Crippen LogP contribution is 2.43. The molecular formula is C32H60N2O6. The van der Waals surface area contributed by atoms with Crippen LogP contribution in [-0.4, -0.2) is 67.8 Å². The Labute approximate surface area is 244 Å². The summed E-state index contributed by atoms with van der Waals surface area (Å²) in [5.74, 6) is -1.26. The maximum absolute atomic E-state index is 12.2. The largest absolute Gasteiger partial charge is 0.355 e. The summed E-state index contributed by atoms with van der Waals surface area (Å²) in [4.78, 5) is 12.2. The first-order valence-electron chi connectivity index (χ1n) is 16.5. The van der Waals surface area contributed by atoms with Crippen molar-refractivity contribution >= 4 is 5.91 Å². The molecule has 0 aromatic carbocycles. The minimum Gasteiger partial charge on any atom is -0.355 e. The number of nitrogens with one attached hydrogen (secondary N) is 2. The van der Waals surface area contributed by atoms with Gasteiger partial charge in [0.05, 0.1) is 0 Å². The smallest absolute Gasteiger partial charge is 0.220 e. The zero-order chi connectivity index (χ0) is 28.8. The Morgan fingerprint density at radius 3 is 1.73 bits per heavy atom. The van der Waals surface area contributed by atoms with Crippen LogP contribution in [0.4, 0.5) is 0 Å². The van der Waals surface area contributed by atoms with Crippen LogP contribution in [0.5, 0.6) is 0 Å². The van der Waals surface area contributed by atoms with E-state index < -0.39 is 17.9 Å². The third kappa shape index (κ3) is 11.8. The molecule has 3 rings (SSSR count).